The third-order valence-electron chi connectivity index (χ3n) is 1.55. The fourth-order valence-corrected chi connectivity index (χ4v) is 0.780. The van der Waals surface area contributed by atoms with Crippen molar-refractivity contribution in [1.29, 1.82) is 5.26 Å². The Bertz CT molecular complexity index is 267. The molecule has 3 nitrogen and oxygen atoms in total. The van der Waals surface area contributed by atoms with Gasteiger partial charge in [0.1, 0.15) is 5.82 Å². The molecule has 1 aromatic heterocycles. The molecule has 0 N–H and O–H groups in total. The van der Waals surface area contributed by atoms with Crippen molar-refractivity contribution in [3.63, 3.8) is 0 Å². The molecular formula is C7H9N3. The quantitative estimate of drug-likeness (QED) is 0.571. The highest BCUT2D eigenvalue weighted by Crippen LogP contribution is 2.00. The number of aromatic nitrogens is 2. The van der Waals surface area contributed by atoms with E-state index < -0.39 is 0 Å². The number of nitriles is 1. The van der Waals surface area contributed by atoms with Gasteiger partial charge in [-0.15, -0.1) is 0 Å². The van der Waals surface area contributed by atoms with Crippen LogP contribution in [0.4, 0.5) is 0 Å². The van der Waals surface area contributed by atoms with E-state index in [0.717, 1.165) is 11.5 Å². The lowest BCUT2D eigenvalue weighted by atomic mass is 10.4. The number of imidazole rings is 1. The van der Waals surface area contributed by atoms with Crippen LogP contribution in [0.25, 0.3) is 0 Å². The van der Waals surface area contributed by atoms with Crippen LogP contribution in [0.15, 0.2) is 6.20 Å². The Morgan fingerprint density at radius 2 is 2.50 bits per heavy atom. The molecule has 0 bridgehead atoms. The van der Waals surface area contributed by atoms with Crippen LogP contribution in [0, 0.1) is 18.3 Å². The molecule has 0 radical (unpaired) electrons. The van der Waals surface area contributed by atoms with Gasteiger partial charge in [-0.2, -0.15) is 5.26 Å². The summed E-state index contributed by atoms with van der Waals surface area (Å²) in [7, 11) is 1.91. The largest absolute Gasteiger partial charge is 0.335 e. The molecule has 0 saturated heterocycles. The molecule has 0 aliphatic carbocycles. The first-order chi connectivity index (χ1) is 4.75. The van der Waals surface area contributed by atoms with Crippen molar-refractivity contribution in [2.75, 3.05) is 0 Å². The van der Waals surface area contributed by atoms with E-state index in [1.54, 1.807) is 6.20 Å². The maximum atomic E-state index is 8.35. The summed E-state index contributed by atoms with van der Waals surface area (Å²) in [6, 6.07) is 2.05. The summed E-state index contributed by atoms with van der Waals surface area (Å²) < 4.78 is 1.92. The fraction of sp³-hybridized carbons (Fsp3) is 0.429. The highest BCUT2D eigenvalue weighted by atomic mass is 15.0. The van der Waals surface area contributed by atoms with Crippen LogP contribution in [0.2, 0.25) is 0 Å². The molecule has 0 aromatic carbocycles. The maximum Gasteiger partial charge on any atom is 0.122 e. The van der Waals surface area contributed by atoms with Gasteiger partial charge in [-0.1, -0.05) is 0 Å². The maximum absolute atomic E-state index is 8.35. The Morgan fingerprint density at radius 1 is 1.80 bits per heavy atom. The van der Waals surface area contributed by atoms with Gasteiger partial charge in [0.05, 0.1) is 12.5 Å². The Kier molecular flexibility index (Phi) is 1.72. The Morgan fingerprint density at radius 3 is 2.90 bits per heavy atom. The molecule has 1 aromatic rings. The summed E-state index contributed by atoms with van der Waals surface area (Å²) >= 11 is 0. The second-order valence-corrected chi connectivity index (χ2v) is 2.21. The molecular weight excluding hydrogens is 126 g/mol. The molecule has 0 aliphatic rings. The Labute approximate surface area is 59.9 Å². The molecule has 10 heavy (non-hydrogen) atoms. The third-order valence-corrected chi connectivity index (χ3v) is 1.55. The van der Waals surface area contributed by atoms with Crippen molar-refractivity contribution < 1.29 is 0 Å². The van der Waals surface area contributed by atoms with Gasteiger partial charge in [0.25, 0.3) is 0 Å². The van der Waals surface area contributed by atoms with Crippen molar-refractivity contribution in [3.05, 3.63) is 17.7 Å². The first-order valence-electron chi connectivity index (χ1n) is 3.10. The van der Waals surface area contributed by atoms with Crippen LogP contribution in [0.1, 0.15) is 11.5 Å². The predicted octanol–water partition coefficient (Wildman–Crippen LogP) is 0.795. The number of aryl methyl sites for hydroxylation is 1. The van der Waals surface area contributed by atoms with E-state index in [-0.39, 0.29) is 0 Å². The van der Waals surface area contributed by atoms with Gasteiger partial charge in [-0.25, -0.2) is 4.98 Å². The molecule has 0 unspecified atom stereocenters. The number of hydrogen-bond acceptors (Lipinski definition) is 2. The molecule has 52 valence electrons. The average molecular weight is 135 g/mol. The van der Waals surface area contributed by atoms with Gasteiger partial charge in [-0.3, -0.25) is 0 Å². The van der Waals surface area contributed by atoms with Gasteiger partial charge >= 0.3 is 0 Å². The van der Waals surface area contributed by atoms with E-state index in [1.165, 1.54) is 0 Å². The zero-order chi connectivity index (χ0) is 7.56. The van der Waals surface area contributed by atoms with E-state index in [2.05, 4.69) is 11.1 Å². The first-order valence-corrected chi connectivity index (χ1v) is 3.10. The van der Waals surface area contributed by atoms with E-state index in [0.29, 0.717) is 6.42 Å². The van der Waals surface area contributed by atoms with Gasteiger partial charge < -0.3 is 4.57 Å². The minimum absolute atomic E-state index is 0.393. The fourth-order valence-electron chi connectivity index (χ4n) is 0.780. The zero-order valence-electron chi connectivity index (χ0n) is 6.13. The second kappa shape index (κ2) is 2.53. The van der Waals surface area contributed by atoms with Gasteiger partial charge in [0.2, 0.25) is 0 Å². The van der Waals surface area contributed by atoms with E-state index in [1.807, 2.05) is 18.5 Å². The van der Waals surface area contributed by atoms with Gasteiger partial charge in [0, 0.05) is 18.9 Å². The average Bonchev–Trinajstić information content (AvgIpc) is 2.20. The Hall–Kier alpha value is -1.30. The second-order valence-electron chi connectivity index (χ2n) is 2.21. The molecule has 0 atom stereocenters. The lowest BCUT2D eigenvalue weighted by Gasteiger charge is -1.96. The highest BCUT2D eigenvalue weighted by molar-refractivity contribution is 5.05. The zero-order valence-corrected chi connectivity index (χ0v) is 6.13. The molecule has 1 heterocycles. The first kappa shape index (κ1) is 6.81. The lowest BCUT2D eigenvalue weighted by molar-refractivity contribution is 0.807. The van der Waals surface area contributed by atoms with Crippen molar-refractivity contribution in [2.24, 2.45) is 7.05 Å². The number of rotatable bonds is 1. The van der Waals surface area contributed by atoms with Crippen LogP contribution >= 0.6 is 0 Å². The normalized spacial score (nSPS) is 9.30. The smallest absolute Gasteiger partial charge is 0.122 e. The number of nitrogens with zero attached hydrogens (tertiary/aromatic N) is 3. The van der Waals surface area contributed by atoms with E-state index in [9.17, 15) is 0 Å². The third kappa shape index (κ3) is 1.01. The molecule has 0 fully saturated rings. The van der Waals surface area contributed by atoms with Crippen LogP contribution in [-0.2, 0) is 13.5 Å². The van der Waals surface area contributed by atoms with Crippen molar-refractivity contribution in [3.8, 4) is 6.07 Å². The highest BCUT2D eigenvalue weighted by Gasteiger charge is 1.99. The summed E-state index contributed by atoms with van der Waals surface area (Å²) in [6.45, 7) is 1.97. The predicted molar refractivity (Wildman–Crippen MR) is 37.3 cm³/mol. The molecule has 0 spiro atoms. The van der Waals surface area contributed by atoms with Crippen molar-refractivity contribution >= 4 is 0 Å². The van der Waals surface area contributed by atoms with Crippen LogP contribution in [0.5, 0.6) is 0 Å². The van der Waals surface area contributed by atoms with Crippen molar-refractivity contribution in [2.45, 2.75) is 13.3 Å². The molecule has 0 saturated carbocycles. The molecule has 3 heteroatoms. The van der Waals surface area contributed by atoms with Crippen LogP contribution in [0.3, 0.4) is 0 Å². The standard InChI is InChI=1S/C7H9N3/c1-6-5-9-7(3-4-8)10(6)2/h5H,3H2,1-2H3. The monoisotopic (exact) mass is 135 g/mol. The minimum Gasteiger partial charge on any atom is -0.335 e. The SMILES string of the molecule is Cc1cnc(CC#N)n1C. The molecule has 0 amide bonds. The van der Waals surface area contributed by atoms with E-state index in [4.69, 9.17) is 5.26 Å². The lowest BCUT2D eigenvalue weighted by Crippen LogP contribution is -1.97. The summed E-state index contributed by atoms with van der Waals surface area (Å²) in [5.74, 6) is 0.833. The summed E-state index contributed by atoms with van der Waals surface area (Å²) in [4.78, 5) is 4.05. The minimum atomic E-state index is 0.393. The van der Waals surface area contributed by atoms with Gasteiger partial charge in [-0.05, 0) is 6.92 Å². The van der Waals surface area contributed by atoms with Crippen LogP contribution < -0.4 is 0 Å². The van der Waals surface area contributed by atoms with Crippen molar-refractivity contribution in [1.82, 2.24) is 9.55 Å². The van der Waals surface area contributed by atoms with Crippen LogP contribution in [-0.4, -0.2) is 9.55 Å². The summed E-state index contributed by atoms with van der Waals surface area (Å²) in [5.41, 5.74) is 1.09. The summed E-state index contributed by atoms with van der Waals surface area (Å²) in [5, 5.41) is 8.35. The summed E-state index contributed by atoms with van der Waals surface area (Å²) in [6.07, 6.45) is 2.16. The van der Waals surface area contributed by atoms with E-state index >= 15 is 0 Å². The number of hydrogen-bond donors (Lipinski definition) is 0. The molecule has 1 rings (SSSR count). The van der Waals surface area contributed by atoms with Gasteiger partial charge in [0.15, 0.2) is 0 Å². The Balaban J connectivity index is 2.96. The topological polar surface area (TPSA) is 41.6 Å². The molecule has 0 aliphatic heterocycles.